The van der Waals surface area contributed by atoms with E-state index in [-0.39, 0.29) is 23.9 Å². The number of nitrogens with zero attached hydrogens (tertiary/aromatic N) is 4. The van der Waals surface area contributed by atoms with Gasteiger partial charge in [-0.1, -0.05) is 0 Å². The molecule has 2 atom stereocenters. The zero-order chi connectivity index (χ0) is 23.1. The molecule has 0 saturated carbocycles. The summed E-state index contributed by atoms with van der Waals surface area (Å²) >= 11 is 0. The molecule has 1 fully saturated rings. The fourth-order valence-corrected chi connectivity index (χ4v) is 4.59. The van der Waals surface area contributed by atoms with Crippen LogP contribution in [0.4, 0.5) is 11.6 Å². The third kappa shape index (κ3) is 4.07. The van der Waals surface area contributed by atoms with Crippen LogP contribution in [0, 0.1) is 0 Å². The third-order valence-corrected chi connectivity index (χ3v) is 6.08. The van der Waals surface area contributed by atoms with E-state index in [1.54, 1.807) is 10.8 Å². The number of benzene rings is 1. The van der Waals surface area contributed by atoms with Crippen LogP contribution in [-0.4, -0.2) is 56.4 Å². The molecule has 3 aromatic rings. The Bertz CT molecular complexity index is 1210. The zero-order valence-electron chi connectivity index (χ0n) is 18.9. The van der Waals surface area contributed by atoms with Crippen molar-refractivity contribution in [1.82, 2.24) is 30.1 Å². The predicted octanol–water partition coefficient (Wildman–Crippen LogP) is 2.29. The Balaban J connectivity index is 1.35. The van der Waals surface area contributed by atoms with E-state index in [1.807, 2.05) is 48.5 Å². The van der Waals surface area contributed by atoms with Crippen molar-refractivity contribution in [3.05, 3.63) is 59.5 Å². The summed E-state index contributed by atoms with van der Waals surface area (Å²) in [7, 11) is 1.84. The van der Waals surface area contributed by atoms with Crippen molar-refractivity contribution in [2.24, 2.45) is 7.05 Å². The normalized spacial score (nSPS) is 19.8. The van der Waals surface area contributed by atoms with Gasteiger partial charge in [0.05, 0.1) is 5.69 Å². The van der Waals surface area contributed by atoms with Crippen LogP contribution in [0.2, 0.25) is 0 Å². The van der Waals surface area contributed by atoms with Gasteiger partial charge in [-0.25, -0.2) is 9.97 Å². The van der Waals surface area contributed by atoms with Crippen LogP contribution in [0.5, 0.6) is 0 Å². The summed E-state index contributed by atoms with van der Waals surface area (Å²) in [5, 5.41) is 9.56. The van der Waals surface area contributed by atoms with Crippen molar-refractivity contribution in [1.29, 1.82) is 0 Å². The highest BCUT2D eigenvalue weighted by Crippen LogP contribution is 2.29. The van der Waals surface area contributed by atoms with Crippen LogP contribution in [0.3, 0.4) is 0 Å². The smallest absolute Gasteiger partial charge is 0.268 e. The molecule has 4 heterocycles. The summed E-state index contributed by atoms with van der Waals surface area (Å²) in [6.45, 7) is 5.96. The number of hydrogen-bond donors (Lipinski definition) is 3. The summed E-state index contributed by atoms with van der Waals surface area (Å²) in [4.78, 5) is 36.4. The second-order valence-corrected chi connectivity index (χ2v) is 8.82. The maximum atomic E-state index is 12.9. The maximum absolute atomic E-state index is 12.9. The first-order valence-corrected chi connectivity index (χ1v) is 11.1. The quantitative estimate of drug-likeness (QED) is 0.572. The van der Waals surface area contributed by atoms with E-state index in [1.165, 1.54) is 0 Å². The molecule has 3 N–H and O–H groups in total. The van der Waals surface area contributed by atoms with Gasteiger partial charge >= 0.3 is 0 Å². The second kappa shape index (κ2) is 8.32. The van der Waals surface area contributed by atoms with Crippen LogP contribution < -0.4 is 16.0 Å². The van der Waals surface area contributed by atoms with Gasteiger partial charge in [-0.3, -0.25) is 9.59 Å². The maximum Gasteiger partial charge on any atom is 0.268 e. The zero-order valence-corrected chi connectivity index (χ0v) is 18.9. The summed E-state index contributed by atoms with van der Waals surface area (Å²) in [6, 6.07) is 9.81. The topological polar surface area (TPSA) is 104 Å². The minimum atomic E-state index is -0.126. The van der Waals surface area contributed by atoms with Gasteiger partial charge in [0, 0.05) is 73.5 Å². The van der Waals surface area contributed by atoms with Gasteiger partial charge in [-0.05, 0) is 44.2 Å². The average molecular weight is 446 g/mol. The van der Waals surface area contributed by atoms with Crippen LogP contribution >= 0.6 is 0 Å². The third-order valence-electron chi connectivity index (χ3n) is 6.08. The Kier molecular flexibility index (Phi) is 5.33. The molecule has 1 aromatic carbocycles. The summed E-state index contributed by atoms with van der Waals surface area (Å²) in [5.74, 6) is 0.345. The number of fused-ring (bicyclic) bond motifs is 3. The Morgan fingerprint density at radius 2 is 1.85 bits per heavy atom. The van der Waals surface area contributed by atoms with Gasteiger partial charge in [-0.2, -0.15) is 0 Å². The van der Waals surface area contributed by atoms with Crippen molar-refractivity contribution >= 4 is 23.5 Å². The van der Waals surface area contributed by atoms with Crippen LogP contribution in [-0.2, 0) is 13.6 Å². The lowest BCUT2D eigenvalue weighted by atomic mass is 10.1. The predicted molar refractivity (Wildman–Crippen MR) is 125 cm³/mol. The number of nitrogens with one attached hydrogen (secondary N) is 3. The van der Waals surface area contributed by atoms with Crippen molar-refractivity contribution in [2.75, 3.05) is 18.4 Å². The standard InChI is InChI=1S/C24H27N7O2/c1-14-12-31(13-15(2)27-14)23(33)16-4-6-18(7-5-16)28-24-26-11-17-10-25-22(32)21-19(20(17)29-24)8-9-30(21)3/h4-9,11,14-15,27H,10,12-13H2,1-3H3,(H,25,32)(H,26,28,29). The number of hydrogen-bond acceptors (Lipinski definition) is 6. The minimum Gasteiger partial charge on any atom is -0.347 e. The monoisotopic (exact) mass is 445 g/mol. The van der Waals surface area contributed by atoms with Gasteiger partial charge < -0.3 is 25.4 Å². The largest absolute Gasteiger partial charge is 0.347 e. The highest BCUT2D eigenvalue weighted by atomic mass is 16.2. The van der Waals surface area contributed by atoms with E-state index in [0.717, 1.165) is 22.5 Å². The van der Waals surface area contributed by atoms with E-state index < -0.39 is 0 Å². The summed E-state index contributed by atoms with van der Waals surface area (Å²) in [5.41, 5.74) is 4.40. The Morgan fingerprint density at radius 1 is 1.12 bits per heavy atom. The summed E-state index contributed by atoms with van der Waals surface area (Å²) < 4.78 is 1.80. The molecule has 2 aromatic heterocycles. The molecule has 0 bridgehead atoms. The first-order valence-electron chi connectivity index (χ1n) is 11.1. The molecule has 2 amide bonds. The fraction of sp³-hybridized carbons (Fsp3) is 0.333. The van der Waals surface area contributed by atoms with Crippen LogP contribution in [0.15, 0.2) is 42.7 Å². The van der Waals surface area contributed by atoms with Crippen molar-refractivity contribution in [3.8, 4) is 11.3 Å². The number of amides is 2. The van der Waals surface area contributed by atoms with Gasteiger partial charge in [0.1, 0.15) is 5.69 Å². The average Bonchev–Trinajstić information content (AvgIpc) is 3.12. The van der Waals surface area contributed by atoms with E-state index >= 15 is 0 Å². The first-order chi connectivity index (χ1) is 15.9. The van der Waals surface area contributed by atoms with Crippen molar-refractivity contribution < 1.29 is 9.59 Å². The number of anilines is 2. The van der Waals surface area contributed by atoms with E-state index in [0.29, 0.717) is 36.8 Å². The van der Waals surface area contributed by atoms with Gasteiger partial charge in [0.15, 0.2) is 0 Å². The Morgan fingerprint density at radius 3 is 2.58 bits per heavy atom. The number of aryl methyl sites for hydroxylation is 1. The van der Waals surface area contributed by atoms with E-state index in [2.05, 4.69) is 34.8 Å². The number of rotatable bonds is 3. The van der Waals surface area contributed by atoms with Crippen LogP contribution in [0.1, 0.15) is 40.3 Å². The highest BCUT2D eigenvalue weighted by molar-refractivity contribution is 6.00. The number of carbonyl (C=O) groups is 2. The molecule has 33 heavy (non-hydrogen) atoms. The SMILES string of the molecule is CC1CN(C(=O)c2ccc(Nc3ncc4c(n3)-c3ccn(C)c3C(=O)NC4)cc2)CC(C)N1. The molecule has 5 rings (SSSR count). The van der Waals surface area contributed by atoms with Gasteiger partial charge in [-0.15, -0.1) is 0 Å². The molecular weight excluding hydrogens is 418 g/mol. The molecule has 2 aliphatic heterocycles. The number of piperazine rings is 1. The fourth-order valence-electron chi connectivity index (χ4n) is 4.59. The Hall–Kier alpha value is -3.72. The molecule has 0 aliphatic carbocycles. The molecule has 9 nitrogen and oxygen atoms in total. The lowest BCUT2D eigenvalue weighted by molar-refractivity contribution is 0.0673. The molecule has 0 spiro atoms. The lowest BCUT2D eigenvalue weighted by Gasteiger charge is -2.36. The van der Waals surface area contributed by atoms with E-state index in [4.69, 9.17) is 4.98 Å². The molecular formula is C24H27N7O2. The van der Waals surface area contributed by atoms with Gasteiger partial charge in [0.25, 0.3) is 11.8 Å². The minimum absolute atomic E-state index is 0.0387. The molecule has 2 aliphatic rings. The molecule has 9 heteroatoms. The number of carbonyl (C=O) groups excluding carboxylic acids is 2. The number of aromatic nitrogens is 3. The van der Waals surface area contributed by atoms with Crippen LogP contribution in [0.25, 0.3) is 11.3 Å². The van der Waals surface area contributed by atoms with E-state index in [9.17, 15) is 9.59 Å². The molecule has 0 radical (unpaired) electrons. The van der Waals surface area contributed by atoms with Crippen molar-refractivity contribution in [2.45, 2.75) is 32.5 Å². The molecule has 2 unspecified atom stereocenters. The first kappa shape index (κ1) is 21.1. The van der Waals surface area contributed by atoms with Crippen molar-refractivity contribution in [3.63, 3.8) is 0 Å². The molecule has 1 saturated heterocycles. The van der Waals surface area contributed by atoms with Gasteiger partial charge in [0.2, 0.25) is 5.95 Å². The Labute approximate surface area is 192 Å². The highest BCUT2D eigenvalue weighted by Gasteiger charge is 2.26. The lowest BCUT2D eigenvalue weighted by Crippen LogP contribution is -2.55. The second-order valence-electron chi connectivity index (χ2n) is 8.82. The molecule has 170 valence electrons. The summed E-state index contributed by atoms with van der Waals surface area (Å²) in [6.07, 6.45) is 3.59.